The van der Waals surface area contributed by atoms with E-state index in [0.29, 0.717) is 5.82 Å². The number of ketones is 1. The minimum absolute atomic E-state index is 0.0405. The van der Waals surface area contributed by atoms with E-state index in [9.17, 15) is 9.59 Å². The highest BCUT2D eigenvalue weighted by Crippen LogP contribution is 2.34. The molecule has 0 amide bonds. The predicted molar refractivity (Wildman–Crippen MR) is 101 cm³/mol. The van der Waals surface area contributed by atoms with Crippen LogP contribution in [0, 0.1) is 6.92 Å². The molecule has 0 aliphatic heterocycles. The van der Waals surface area contributed by atoms with Crippen molar-refractivity contribution < 1.29 is 4.79 Å². The summed E-state index contributed by atoms with van der Waals surface area (Å²) >= 11 is 1.65. The molecule has 0 saturated carbocycles. The van der Waals surface area contributed by atoms with E-state index in [1.807, 2.05) is 31.2 Å². The third-order valence-corrected chi connectivity index (χ3v) is 5.92. The number of aryl methyl sites for hydroxylation is 3. The Labute approximate surface area is 150 Å². The van der Waals surface area contributed by atoms with Gasteiger partial charge >= 0.3 is 0 Å². The van der Waals surface area contributed by atoms with Gasteiger partial charge in [-0.25, -0.2) is 4.98 Å². The molecule has 0 atom stereocenters. The smallest absolute Gasteiger partial charge is 0.263 e. The zero-order valence-corrected chi connectivity index (χ0v) is 15.3. The van der Waals surface area contributed by atoms with Crippen molar-refractivity contribution in [1.82, 2.24) is 9.55 Å². The monoisotopic (exact) mass is 352 g/mol. The Morgan fingerprint density at radius 1 is 1.28 bits per heavy atom. The molecule has 0 radical (unpaired) electrons. The first-order valence-corrected chi connectivity index (χ1v) is 9.48. The molecule has 1 aliphatic rings. The van der Waals surface area contributed by atoms with Gasteiger partial charge in [-0.3, -0.25) is 14.2 Å². The van der Waals surface area contributed by atoms with E-state index in [0.717, 1.165) is 46.2 Å². The molecule has 5 heteroatoms. The highest BCUT2D eigenvalue weighted by molar-refractivity contribution is 7.18. The minimum Gasteiger partial charge on any atom is -0.298 e. The van der Waals surface area contributed by atoms with Gasteiger partial charge in [-0.2, -0.15) is 0 Å². The van der Waals surface area contributed by atoms with Gasteiger partial charge in [-0.1, -0.05) is 23.8 Å². The Morgan fingerprint density at radius 3 is 2.84 bits per heavy atom. The van der Waals surface area contributed by atoms with E-state index in [4.69, 9.17) is 4.98 Å². The molecule has 0 spiro atoms. The van der Waals surface area contributed by atoms with Gasteiger partial charge in [-0.05, 0) is 51.2 Å². The fourth-order valence-electron chi connectivity index (χ4n) is 3.61. The first kappa shape index (κ1) is 16.2. The number of carbonyl (C=O) groups excluding carboxylic acids is 1. The number of thiophene rings is 1. The van der Waals surface area contributed by atoms with Gasteiger partial charge in [0.05, 0.1) is 11.9 Å². The van der Waals surface area contributed by atoms with E-state index >= 15 is 0 Å². The van der Waals surface area contributed by atoms with Gasteiger partial charge < -0.3 is 0 Å². The van der Waals surface area contributed by atoms with Gasteiger partial charge in [0.2, 0.25) is 0 Å². The molecule has 128 valence electrons. The number of carbonyl (C=O) groups is 1. The molecule has 0 unspecified atom stereocenters. The maximum absolute atomic E-state index is 13.3. The van der Waals surface area contributed by atoms with Crippen LogP contribution in [0.5, 0.6) is 0 Å². The fourth-order valence-corrected chi connectivity index (χ4v) is 4.86. The van der Waals surface area contributed by atoms with Gasteiger partial charge in [0.15, 0.2) is 0 Å². The number of fused-ring (bicyclic) bond motifs is 3. The zero-order chi connectivity index (χ0) is 17.6. The summed E-state index contributed by atoms with van der Waals surface area (Å²) in [6.07, 6.45) is 4.26. The second-order valence-electron chi connectivity index (χ2n) is 6.79. The highest BCUT2D eigenvalue weighted by Gasteiger charge is 2.22. The third-order valence-electron chi connectivity index (χ3n) is 4.73. The molecule has 4 rings (SSSR count). The lowest BCUT2D eigenvalue weighted by atomic mass is 9.97. The molecule has 0 fully saturated rings. The van der Waals surface area contributed by atoms with Gasteiger partial charge in [0.25, 0.3) is 5.56 Å². The summed E-state index contributed by atoms with van der Waals surface area (Å²) < 4.78 is 1.56. The summed E-state index contributed by atoms with van der Waals surface area (Å²) in [5.41, 5.74) is 3.08. The van der Waals surface area contributed by atoms with E-state index in [2.05, 4.69) is 0 Å². The molecule has 1 aliphatic carbocycles. The Bertz CT molecular complexity index is 1050. The van der Waals surface area contributed by atoms with Crippen LogP contribution in [0.4, 0.5) is 0 Å². The zero-order valence-electron chi connectivity index (χ0n) is 14.5. The number of nitrogens with zero attached hydrogens (tertiary/aromatic N) is 2. The van der Waals surface area contributed by atoms with Crippen LogP contribution in [0.25, 0.3) is 21.6 Å². The molecule has 3 aromatic rings. The summed E-state index contributed by atoms with van der Waals surface area (Å²) in [7, 11) is 0. The van der Waals surface area contributed by atoms with Crippen molar-refractivity contribution in [2.24, 2.45) is 0 Å². The van der Waals surface area contributed by atoms with Crippen LogP contribution in [0.2, 0.25) is 0 Å². The van der Waals surface area contributed by atoms with Crippen molar-refractivity contribution in [3.63, 3.8) is 0 Å². The molecule has 1 aromatic carbocycles. The van der Waals surface area contributed by atoms with Crippen LogP contribution in [-0.2, 0) is 24.2 Å². The summed E-state index contributed by atoms with van der Waals surface area (Å²) in [5, 5.41) is 0.734. The third kappa shape index (κ3) is 2.82. The number of hydrogen-bond donors (Lipinski definition) is 0. The van der Waals surface area contributed by atoms with E-state index in [1.165, 1.54) is 18.2 Å². The first-order valence-electron chi connectivity index (χ1n) is 8.66. The molecule has 0 saturated heterocycles. The summed E-state index contributed by atoms with van der Waals surface area (Å²) in [4.78, 5) is 32.0. The average molecular weight is 352 g/mol. The van der Waals surface area contributed by atoms with Crippen LogP contribution in [-0.4, -0.2) is 15.3 Å². The van der Waals surface area contributed by atoms with Gasteiger partial charge in [0, 0.05) is 10.4 Å². The number of rotatable bonds is 3. The second kappa shape index (κ2) is 6.23. The second-order valence-corrected chi connectivity index (χ2v) is 7.87. The molecule has 0 N–H and O–H groups in total. The van der Waals surface area contributed by atoms with E-state index in [-0.39, 0.29) is 17.9 Å². The van der Waals surface area contributed by atoms with Gasteiger partial charge in [-0.15, -0.1) is 11.3 Å². The van der Waals surface area contributed by atoms with Crippen molar-refractivity contribution in [3.8, 4) is 11.4 Å². The minimum atomic E-state index is -0.0730. The molecular formula is C20H20N2O2S. The Morgan fingerprint density at radius 2 is 2.08 bits per heavy atom. The summed E-state index contributed by atoms with van der Waals surface area (Å²) in [5.74, 6) is 0.552. The maximum atomic E-state index is 13.3. The predicted octanol–water partition coefficient (Wildman–Crippen LogP) is 3.90. The first-order chi connectivity index (χ1) is 12.0. The lowest BCUT2D eigenvalue weighted by Gasteiger charge is -2.13. The van der Waals surface area contributed by atoms with E-state index < -0.39 is 0 Å². The van der Waals surface area contributed by atoms with Crippen LogP contribution < -0.4 is 5.56 Å². The van der Waals surface area contributed by atoms with Crippen LogP contribution in [0.1, 0.15) is 35.8 Å². The Balaban J connectivity index is 2.04. The molecular weight excluding hydrogens is 332 g/mol. The fraction of sp³-hybridized carbons (Fsp3) is 0.350. The lowest BCUT2D eigenvalue weighted by molar-refractivity contribution is -0.117. The van der Waals surface area contributed by atoms with Crippen molar-refractivity contribution in [2.75, 3.05) is 0 Å². The largest absolute Gasteiger partial charge is 0.298 e. The number of Topliss-reactive ketones (excluding diaryl/α,β-unsaturated/α-hetero) is 1. The number of hydrogen-bond acceptors (Lipinski definition) is 4. The Hall–Kier alpha value is -2.27. The molecule has 25 heavy (non-hydrogen) atoms. The highest BCUT2D eigenvalue weighted by atomic mass is 32.1. The van der Waals surface area contributed by atoms with Crippen LogP contribution in [0.3, 0.4) is 0 Å². The molecule has 0 bridgehead atoms. The van der Waals surface area contributed by atoms with Crippen molar-refractivity contribution in [1.29, 1.82) is 0 Å². The Kier molecular flexibility index (Phi) is 4.04. The normalized spacial score (nSPS) is 13.8. The van der Waals surface area contributed by atoms with Crippen LogP contribution in [0.15, 0.2) is 29.1 Å². The quantitative estimate of drug-likeness (QED) is 0.718. The van der Waals surface area contributed by atoms with Crippen molar-refractivity contribution in [2.45, 2.75) is 46.1 Å². The summed E-state index contributed by atoms with van der Waals surface area (Å²) in [6.45, 7) is 3.59. The number of benzene rings is 1. The SMILES string of the molecule is CC(=O)Cn1c(-c2cccc(C)c2)nc2sc3c(c2c1=O)CCCC3. The van der Waals surface area contributed by atoms with Crippen molar-refractivity contribution in [3.05, 3.63) is 50.6 Å². The van der Waals surface area contributed by atoms with Crippen LogP contribution >= 0.6 is 11.3 Å². The maximum Gasteiger partial charge on any atom is 0.263 e. The topological polar surface area (TPSA) is 52.0 Å². The van der Waals surface area contributed by atoms with Crippen molar-refractivity contribution >= 4 is 27.3 Å². The van der Waals surface area contributed by atoms with Gasteiger partial charge in [0.1, 0.15) is 16.4 Å². The molecule has 4 nitrogen and oxygen atoms in total. The molecule has 2 heterocycles. The lowest BCUT2D eigenvalue weighted by Crippen LogP contribution is -2.26. The summed E-state index contributed by atoms with van der Waals surface area (Å²) in [6, 6.07) is 7.93. The molecule has 2 aromatic heterocycles. The average Bonchev–Trinajstić information content (AvgIpc) is 2.95. The standard InChI is InChI=1S/C20H20N2O2S/c1-12-6-5-7-14(10-12)18-21-19-17(20(24)22(18)11-13(2)23)15-8-3-4-9-16(15)25-19/h5-7,10H,3-4,8-9,11H2,1-2H3. The van der Waals surface area contributed by atoms with E-state index in [1.54, 1.807) is 15.9 Å². The number of aromatic nitrogens is 2.